The minimum absolute atomic E-state index is 0.0588. The number of nitrogens with one attached hydrogen (secondary N) is 1. The molecular formula is C20H25NO4. The number of carbonyl (C=O) groups is 1. The maximum absolute atomic E-state index is 12.5. The molecule has 0 spiro atoms. The van der Waals surface area contributed by atoms with Crippen LogP contribution >= 0.6 is 0 Å². The highest BCUT2D eigenvalue weighted by Crippen LogP contribution is 2.37. The topological polar surface area (TPSA) is 68.5 Å². The highest BCUT2D eigenvalue weighted by molar-refractivity contribution is 6.03. The van der Waals surface area contributed by atoms with E-state index >= 15 is 0 Å². The number of carbonyl (C=O) groups excluding carboxylic acids is 1. The van der Waals surface area contributed by atoms with Gasteiger partial charge in [0.05, 0.1) is 6.10 Å². The second-order valence-corrected chi connectivity index (χ2v) is 7.18. The number of rotatable bonds is 4. The molecule has 0 saturated heterocycles. The summed E-state index contributed by atoms with van der Waals surface area (Å²) in [4.78, 5) is 24.7. The first-order chi connectivity index (χ1) is 11.9. The van der Waals surface area contributed by atoms with Crippen LogP contribution in [0.3, 0.4) is 0 Å². The highest BCUT2D eigenvalue weighted by Gasteiger charge is 2.23. The summed E-state index contributed by atoms with van der Waals surface area (Å²) in [5.74, 6) is 0.198. The van der Waals surface area contributed by atoms with E-state index < -0.39 is 0 Å². The quantitative estimate of drug-likeness (QED) is 0.850. The van der Waals surface area contributed by atoms with Crippen LogP contribution in [0.1, 0.15) is 51.7 Å². The second-order valence-electron chi connectivity index (χ2n) is 7.18. The normalized spacial score (nSPS) is 14.0. The Bertz CT molecular complexity index is 864. The summed E-state index contributed by atoms with van der Waals surface area (Å²) in [7, 11) is 0. The van der Waals surface area contributed by atoms with Gasteiger partial charge in [0.2, 0.25) is 5.91 Å². The fraction of sp³-hybridized carbons (Fsp3) is 0.500. The Morgan fingerprint density at radius 1 is 1.12 bits per heavy atom. The molecule has 0 saturated carbocycles. The summed E-state index contributed by atoms with van der Waals surface area (Å²) in [5, 5.41) is 3.79. The van der Waals surface area contributed by atoms with Crippen LogP contribution in [0, 0.1) is 5.92 Å². The van der Waals surface area contributed by atoms with E-state index in [1.807, 2.05) is 39.8 Å². The summed E-state index contributed by atoms with van der Waals surface area (Å²) in [6.45, 7) is 7.48. The lowest BCUT2D eigenvalue weighted by Gasteiger charge is -2.20. The second kappa shape index (κ2) is 6.90. The van der Waals surface area contributed by atoms with Crippen LogP contribution in [0.4, 0.5) is 5.69 Å². The molecule has 0 atom stereocenters. The number of benzene rings is 1. The molecule has 134 valence electrons. The Morgan fingerprint density at radius 3 is 2.44 bits per heavy atom. The molecule has 3 rings (SSSR count). The Morgan fingerprint density at radius 2 is 1.80 bits per heavy atom. The first-order valence-corrected chi connectivity index (χ1v) is 8.97. The van der Waals surface area contributed by atoms with E-state index in [2.05, 4.69) is 5.32 Å². The van der Waals surface area contributed by atoms with E-state index in [1.54, 1.807) is 0 Å². The maximum Gasteiger partial charge on any atom is 0.339 e. The number of fused-ring (bicyclic) bond motifs is 3. The fourth-order valence-corrected chi connectivity index (χ4v) is 3.23. The van der Waals surface area contributed by atoms with Crippen LogP contribution in [-0.4, -0.2) is 12.0 Å². The Balaban J connectivity index is 2.24. The molecule has 1 heterocycles. The van der Waals surface area contributed by atoms with Crippen LogP contribution in [0.15, 0.2) is 21.3 Å². The molecule has 1 aromatic carbocycles. The van der Waals surface area contributed by atoms with Gasteiger partial charge in [-0.2, -0.15) is 0 Å². The number of ether oxygens (including phenoxy) is 1. The Hall–Kier alpha value is -2.30. The van der Waals surface area contributed by atoms with Crippen molar-refractivity contribution in [1.29, 1.82) is 0 Å². The van der Waals surface area contributed by atoms with Gasteiger partial charge in [0.25, 0.3) is 0 Å². The number of hydrogen-bond donors (Lipinski definition) is 1. The predicted molar refractivity (Wildman–Crippen MR) is 98.4 cm³/mol. The molecule has 1 aliphatic carbocycles. The molecular weight excluding hydrogens is 318 g/mol. The van der Waals surface area contributed by atoms with Gasteiger partial charge in [-0.1, -0.05) is 13.8 Å². The number of aryl methyl sites for hydroxylation is 1. The zero-order chi connectivity index (χ0) is 18.1. The molecule has 5 heteroatoms. The van der Waals surface area contributed by atoms with Gasteiger partial charge in [-0.05, 0) is 57.2 Å². The van der Waals surface area contributed by atoms with E-state index in [0.717, 1.165) is 42.2 Å². The largest absolute Gasteiger partial charge is 0.489 e. The minimum atomic E-state index is -0.302. The van der Waals surface area contributed by atoms with Gasteiger partial charge >= 0.3 is 5.63 Å². The van der Waals surface area contributed by atoms with Gasteiger partial charge < -0.3 is 14.5 Å². The third-order valence-corrected chi connectivity index (χ3v) is 4.49. The summed E-state index contributed by atoms with van der Waals surface area (Å²) >= 11 is 0. The number of anilines is 1. The highest BCUT2D eigenvalue weighted by atomic mass is 16.5. The number of amides is 1. The number of hydrogen-bond acceptors (Lipinski definition) is 4. The van der Waals surface area contributed by atoms with Crippen LogP contribution in [0.5, 0.6) is 5.75 Å². The van der Waals surface area contributed by atoms with Crippen molar-refractivity contribution in [2.45, 2.75) is 59.5 Å². The fourth-order valence-electron chi connectivity index (χ4n) is 3.23. The Kier molecular flexibility index (Phi) is 4.84. The van der Waals surface area contributed by atoms with E-state index in [0.29, 0.717) is 17.0 Å². The molecule has 0 aliphatic heterocycles. The van der Waals surface area contributed by atoms with Crippen molar-refractivity contribution in [2.24, 2.45) is 5.92 Å². The van der Waals surface area contributed by atoms with Gasteiger partial charge in [0.15, 0.2) is 5.58 Å². The molecule has 1 aliphatic rings. The maximum atomic E-state index is 12.5. The van der Waals surface area contributed by atoms with Crippen molar-refractivity contribution in [3.05, 3.63) is 33.7 Å². The van der Waals surface area contributed by atoms with Gasteiger partial charge in [0, 0.05) is 16.9 Å². The smallest absolute Gasteiger partial charge is 0.339 e. The zero-order valence-corrected chi connectivity index (χ0v) is 15.3. The molecule has 5 nitrogen and oxygen atoms in total. The van der Waals surface area contributed by atoms with E-state index in [-0.39, 0.29) is 23.6 Å². The summed E-state index contributed by atoms with van der Waals surface area (Å²) < 4.78 is 11.5. The van der Waals surface area contributed by atoms with Crippen molar-refractivity contribution in [1.82, 2.24) is 0 Å². The van der Waals surface area contributed by atoms with Crippen molar-refractivity contribution < 1.29 is 13.9 Å². The van der Waals surface area contributed by atoms with Crippen LogP contribution in [-0.2, 0) is 17.6 Å². The minimum Gasteiger partial charge on any atom is -0.489 e. The van der Waals surface area contributed by atoms with Crippen molar-refractivity contribution >= 4 is 22.6 Å². The molecule has 0 unspecified atom stereocenters. The monoisotopic (exact) mass is 343 g/mol. The predicted octanol–water partition coefficient (Wildman–Crippen LogP) is 4.05. The lowest BCUT2D eigenvalue weighted by Crippen LogP contribution is -2.21. The lowest BCUT2D eigenvalue weighted by atomic mass is 9.90. The first kappa shape index (κ1) is 17.5. The van der Waals surface area contributed by atoms with Crippen molar-refractivity contribution in [3.8, 4) is 5.75 Å². The van der Waals surface area contributed by atoms with Gasteiger partial charge in [-0.15, -0.1) is 0 Å². The van der Waals surface area contributed by atoms with Crippen LogP contribution < -0.4 is 15.7 Å². The molecule has 0 radical (unpaired) electrons. The van der Waals surface area contributed by atoms with E-state index in [9.17, 15) is 9.59 Å². The van der Waals surface area contributed by atoms with Crippen LogP contribution in [0.25, 0.3) is 11.0 Å². The molecule has 0 bridgehead atoms. The summed E-state index contributed by atoms with van der Waals surface area (Å²) in [5.41, 5.74) is 2.39. The average Bonchev–Trinajstić information content (AvgIpc) is 2.56. The molecule has 1 aromatic heterocycles. The summed E-state index contributed by atoms with van der Waals surface area (Å²) in [6.07, 6.45) is 3.62. The first-order valence-electron chi connectivity index (χ1n) is 8.97. The third kappa shape index (κ3) is 3.41. The third-order valence-electron chi connectivity index (χ3n) is 4.49. The molecule has 0 fully saturated rings. The molecule has 1 amide bonds. The molecule has 25 heavy (non-hydrogen) atoms. The molecule has 2 aromatic rings. The van der Waals surface area contributed by atoms with Crippen molar-refractivity contribution in [3.63, 3.8) is 0 Å². The van der Waals surface area contributed by atoms with Gasteiger partial charge in [-0.25, -0.2) is 4.79 Å². The SMILES string of the molecule is CC(C)Oc1ccc2c3c(c(=O)oc2c1NC(=O)C(C)C)CCCC3. The van der Waals surface area contributed by atoms with E-state index in [4.69, 9.17) is 9.15 Å². The Labute approximate surface area is 147 Å². The zero-order valence-electron chi connectivity index (χ0n) is 15.3. The molecule has 1 N–H and O–H groups in total. The summed E-state index contributed by atoms with van der Waals surface area (Å²) in [6, 6.07) is 3.79. The average molecular weight is 343 g/mol. The van der Waals surface area contributed by atoms with Gasteiger partial charge in [-0.3, -0.25) is 4.79 Å². The van der Waals surface area contributed by atoms with Gasteiger partial charge in [0.1, 0.15) is 11.4 Å². The standard InChI is InChI=1S/C20H25NO4/c1-11(2)19(22)21-17-16(24-12(3)4)10-9-14-13-7-5-6-8-15(13)20(23)25-18(14)17/h9-12H,5-8H2,1-4H3,(H,21,22). The lowest BCUT2D eigenvalue weighted by molar-refractivity contribution is -0.118. The van der Waals surface area contributed by atoms with E-state index in [1.165, 1.54) is 0 Å². The van der Waals surface area contributed by atoms with Crippen LogP contribution in [0.2, 0.25) is 0 Å². The van der Waals surface area contributed by atoms with Crippen molar-refractivity contribution in [2.75, 3.05) is 5.32 Å².